The third-order valence-corrected chi connectivity index (χ3v) is 19.7. The quantitative estimate of drug-likeness (QED) is 0.0681. The molecule has 4 N–H and O–H groups in total. The number of hydrogen-bond acceptors (Lipinski definition) is 9. The van der Waals surface area contributed by atoms with E-state index in [1.54, 1.807) is 140 Å². The summed E-state index contributed by atoms with van der Waals surface area (Å²) >= 11 is 77.9. The van der Waals surface area contributed by atoms with Crippen LogP contribution in [-0.4, -0.2) is 43.6 Å². The van der Waals surface area contributed by atoms with Crippen molar-refractivity contribution in [3.05, 3.63) is 398 Å². The van der Waals surface area contributed by atoms with Gasteiger partial charge in [0.2, 0.25) is 5.69 Å². The van der Waals surface area contributed by atoms with Crippen LogP contribution in [0.3, 0.4) is 0 Å². The lowest BCUT2D eigenvalue weighted by Gasteiger charge is -2.20. The Bertz CT molecular complexity index is 5420. The molecular weight excluding hydrogens is 1670 g/mol. The van der Waals surface area contributed by atoms with Crippen LogP contribution in [0.4, 0.5) is 18.9 Å². The molecule has 30 heteroatoms. The van der Waals surface area contributed by atoms with E-state index in [2.05, 4.69) is 46.0 Å². The summed E-state index contributed by atoms with van der Waals surface area (Å²) in [5, 5.41) is 25.0. The molecule has 109 heavy (non-hydrogen) atoms. The summed E-state index contributed by atoms with van der Waals surface area (Å²) in [6.07, 6.45) is 5.93. The van der Waals surface area contributed by atoms with Crippen molar-refractivity contribution in [1.29, 1.82) is 5.26 Å². The molecule has 0 unspecified atom stereocenters. The molecule has 0 aliphatic rings. The molecule has 0 aliphatic carbocycles. The lowest BCUT2D eigenvalue weighted by Crippen LogP contribution is -2.30. The number of benzene rings is 8. The van der Waals surface area contributed by atoms with Gasteiger partial charge in [-0.1, -0.05) is 193 Å². The van der Waals surface area contributed by atoms with E-state index in [4.69, 9.17) is 163 Å². The monoisotopic (exact) mass is 1710 g/mol. The molecular formula is C79H48Cl13F3N10O4. The molecule has 0 aliphatic heterocycles. The van der Waals surface area contributed by atoms with Crippen molar-refractivity contribution in [3.63, 3.8) is 0 Å². The first-order valence-corrected chi connectivity index (χ1v) is 36.4. The number of halogens is 16. The zero-order valence-corrected chi connectivity index (χ0v) is 65.4. The largest absolute Gasteiger partial charge is 0.340 e. The summed E-state index contributed by atoms with van der Waals surface area (Å²) in [5.74, 6) is -3.78. The maximum absolute atomic E-state index is 13.9. The molecule has 550 valence electrons. The molecule has 0 saturated heterocycles. The maximum Gasteiger partial charge on any atom is 0.252 e. The summed E-state index contributed by atoms with van der Waals surface area (Å²) in [7, 11) is 0. The molecule has 0 fully saturated rings. The normalized spacial score (nSPS) is 11.7. The van der Waals surface area contributed by atoms with E-state index in [1.807, 2.05) is 25.1 Å². The Labute approximate surface area is 687 Å². The SMILES string of the molecule is Cc1ccc(C(=O)N[C@@H](c2ccc(Cl)c(Cl)c2)c2ccc(Cl)cn2)cc1.N#Cc1ccc(C(=O)N[C@@H](c2ccc(Cl)c(Cl)c2)c2ccc(Cl)cn2)cc1F.O=C(N[C@@H](c1ccc(Cl)c(Cl)c1)c1ccc(Cl)cn1)c1ccc(F)c(Cl)c1.[C-]#[N+]c1cc(C(=O)N[C@@H](c2ccc(Cl)c(Cl)c2)c2ccc(Cl)cn2)ccc1F. The van der Waals surface area contributed by atoms with Gasteiger partial charge in [-0.3, -0.25) is 39.1 Å². The minimum absolute atomic E-state index is 0.0653. The molecule has 4 amide bonds. The molecule has 0 bridgehead atoms. The predicted octanol–water partition coefficient (Wildman–Crippen LogP) is 24.0. The number of aryl methyl sites for hydroxylation is 1. The summed E-state index contributed by atoms with van der Waals surface area (Å²) < 4.78 is 40.8. The van der Waals surface area contributed by atoms with Gasteiger partial charge in [-0.15, -0.1) is 0 Å². The maximum atomic E-state index is 13.9. The summed E-state index contributed by atoms with van der Waals surface area (Å²) in [6.45, 7) is 8.97. The topological polar surface area (TPSA) is 196 Å². The van der Waals surface area contributed by atoms with Crippen LogP contribution in [0.1, 0.15) is 122 Å². The van der Waals surface area contributed by atoms with E-state index >= 15 is 0 Å². The standard InChI is InChI=1S/2C20H11Cl3FN3O.C20H15Cl3N2O.C19H11Cl4FN2O/c1-25-18-9-12(3-6-16(18)24)20(28)27-19(17-7-4-13(21)10-26-17)11-2-5-14(22)15(23)8-11;21-14-4-6-18(26-10-14)19(11-3-5-15(22)16(23)7-11)27-20(28)12-1-2-13(9-25)17(24)8-12;1-12-2-4-13(5-3-12)20(26)25-19(18-9-7-15(21)11-24-18)14-6-8-16(22)17(23)10-14;20-12-3-6-17(25-9-12)18(10-1-4-13(21)14(22)7-10)26-19(27)11-2-5-16(24)15(23)8-11/h2-10,19H,(H,27,28);1-8,10,19H,(H,27,28);2-11,19H,1H3,(H,25,26);1-9,18H,(H,26,27)/t3*19-;18-/m0000/s1. The van der Waals surface area contributed by atoms with Crippen LogP contribution in [-0.2, 0) is 0 Å². The van der Waals surface area contributed by atoms with Crippen LogP contribution < -0.4 is 21.3 Å². The van der Waals surface area contributed by atoms with Gasteiger partial charge in [0.1, 0.15) is 23.5 Å². The van der Waals surface area contributed by atoms with Crippen molar-refractivity contribution in [2.45, 2.75) is 31.1 Å². The summed E-state index contributed by atoms with van der Waals surface area (Å²) in [6, 6.07) is 51.1. The minimum atomic E-state index is -0.772. The Balaban J connectivity index is 0.000000168. The number of nitriles is 1. The first kappa shape index (κ1) is 83.8. The number of carbonyl (C=O) groups excluding carboxylic acids is 4. The lowest BCUT2D eigenvalue weighted by molar-refractivity contribution is 0.0934. The highest BCUT2D eigenvalue weighted by Crippen LogP contribution is 2.35. The third-order valence-electron chi connectivity index (χ3n) is 15.6. The van der Waals surface area contributed by atoms with E-state index in [0.29, 0.717) is 105 Å². The highest BCUT2D eigenvalue weighted by Gasteiger charge is 2.26. The Morgan fingerprint density at radius 2 is 0.651 bits per heavy atom. The van der Waals surface area contributed by atoms with Crippen molar-refractivity contribution in [3.8, 4) is 6.07 Å². The van der Waals surface area contributed by atoms with Crippen LogP contribution in [0.15, 0.2) is 225 Å². The fraction of sp³-hybridized carbons (Fsp3) is 0.0633. The molecule has 4 aromatic heterocycles. The van der Waals surface area contributed by atoms with Crippen molar-refractivity contribution >= 4 is 180 Å². The van der Waals surface area contributed by atoms with E-state index in [1.165, 1.54) is 55.0 Å². The molecule has 14 nitrogen and oxygen atoms in total. The van der Waals surface area contributed by atoms with E-state index in [-0.39, 0.29) is 38.9 Å². The number of carbonyl (C=O) groups is 4. The summed E-state index contributed by atoms with van der Waals surface area (Å²) in [5.41, 5.74) is 6.62. The zero-order chi connectivity index (χ0) is 78.8. The van der Waals surface area contributed by atoms with Gasteiger partial charge < -0.3 is 21.3 Å². The van der Waals surface area contributed by atoms with Gasteiger partial charge >= 0.3 is 0 Å². The number of pyridine rings is 4. The first-order chi connectivity index (χ1) is 52.1. The van der Waals surface area contributed by atoms with Gasteiger partial charge in [0.05, 0.1) is 124 Å². The Morgan fingerprint density at radius 1 is 0.349 bits per heavy atom. The second-order valence-electron chi connectivity index (χ2n) is 23.0. The molecule has 12 rings (SSSR count). The van der Waals surface area contributed by atoms with Crippen molar-refractivity contribution in [2.75, 3.05) is 0 Å². The average Bonchev–Trinajstić information content (AvgIpc) is 0.828. The van der Waals surface area contributed by atoms with E-state index < -0.39 is 59.3 Å². The van der Waals surface area contributed by atoms with Gasteiger partial charge in [0.25, 0.3) is 23.6 Å². The predicted molar refractivity (Wildman–Crippen MR) is 426 cm³/mol. The average molecular weight is 1720 g/mol. The molecule has 12 aromatic rings. The Morgan fingerprint density at radius 3 is 0.945 bits per heavy atom. The van der Waals surface area contributed by atoms with Gasteiger partial charge in [0.15, 0.2) is 0 Å². The highest BCUT2D eigenvalue weighted by atomic mass is 35.5. The number of amides is 4. The number of nitrogens with zero attached hydrogens (tertiary/aromatic N) is 6. The smallest absolute Gasteiger partial charge is 0.252 e. The lowest BCUT2D eigenvalue weighted by atomic mass is 10.0. The van der Waals surface area contributed by atoms with E-state index in [0.717, 1.165) is 29.3 Å². The summed E-state index contributed by atoms with van der Waals surface area (Å²) in [4.78, 5) is 71.1. The van der Waals surface area contributed by atoms with Crippen molar-refractivity contribution in [1.82, 2.24) is 41.2 Å². The van der Waals surface area contributed by atoms with Crippen molar-refractivity contribution in [2.24, 2.45) is 0 Å². The molecule has 0 spiro atoms. The Hall–Kier alpha value is -9.22. The second kappa shape index (κ2) is 39.4. The Kier molecular flexibility index (Phi) is 30.3. The fourth-order valence-corrected chi connectivity index (χ4v) is 11.9. The third kappa shape index (κ3) is 23.2. The number of rotatable bonds is 16. The van der Waals surface area contributed by atoms with Gasteiger partial charge in [-0.25, -0.2) is 18.0 Å². The molecule has 0 saturated carbocycles. The minimum Gasteiger partial charge on any atom is -0.340 e. The van der Waals surface area contributed by atoms with Gasteiger partial charge in [-0.2, -0.15) is 5.26 Å². The van der Waals surface area contributed by atoms with Crippen LogP contribution in [0.2, 0.25) is 65.3 Å². The van der Waals surface area contributed by atoms with Crippen LogP contribution in [0.25, 0.3) is 4.85 Å². The molecule has 8 aromatic carbocycles. The van der Waals surface area contributed by atoms with Gasteiger partial charge in [-0.05, 0) is 193 Å². The van der Waals surface area contributed by atoms with Crippen molar-refractivity contribution < 1.29 is 32.3 Å². The van der Waals surface area contributed by atoms with Gasteiger partial charge in [0, 0.05) is 47.0 Å². The number of hydrogen-bond donors (Lipinski definition) is 4. The zero-order valence-electron chi connectivity index (χ0n) is 55.5. The second-order valence-corrected chi connectivity index (χ2v) is 28.4. The van der Waals surface area contributed by atoms with E-state index in [9.17, 15) is 32.3 Å². The highest BCUT2D eigenvalue weighted by molar-refractivity contribution is 6.43. The first-order valence-electron chi connectivity index (χ1n) is 31.4. The molecule has 4 atom stereocenters. The number of nitrogens with one attached hydrogen (secondary N) is 4. The van der Waals surface area contributed by atoms with Crippen LogP contribution in [0.5, 0.6) is 0 Å². The molecule has 4 heterocycles. The fourth-order valence-electron chi connectivity index (χ4n) is 10.00. The number of aromatic nitrogens is 4. The van der Waals surface area contributed by atoms with Crippen LogP contribution >= 0.6 is 151 Å². The molecule has 0 radical (unpaired) electrons. The van der Waals surface area contributed by atoms with Crippen LogP contribution in [0, 0.1) is 42.3 Å².